The molecule has 2 aromatic rings. The molecule has 4 rings (SSSR count). The highest BCUT2D eigenvalue weighted by Gasteiger charge is 2.48. The normalized spacial score (nSPS) is 25.5. The fraction of sp³-hybridized carbons (Fsp3) is 0.500. The van der Waals surface area contributed by atoms with E-state index < -0.39 is 0 Å². The molecule has 1 aromatic carbocycles. The Hall–Kier alpha value is -1.92. The van der Waals surface area contributed by atoms with Crippen molar-refractivity contribution in [2.45, 2.75) is 26.4 Å². The number of hydrogen-bond acceptors (Lipinski definition) is 5. The van der Waals surface area contributed by atoms with E-state index in [1.165, 1.54) is 5.56 Å². The fourth-order valence-corrected chi connectivity index (χ4v) is 5.13. The van der Waals surface area contributed by atoms with Gasteiger partial charge < -0.3 is 9.64 Å². The Bertz CT molecular complexity index is 789. The van der Waals surface area contributed by atoms with Gasteiger partial charge in [0.05, 0.1) is 23.9 Å². The lowest BCUT2D eigenvalue weighted by molar-refractivity contribution is -0.130. The van der Waals surface area contributed by atoms with Crippen molar-refractivity contribution in [3.8, 4) is 5.75 Å². The van der Waals surface area contributed by atoms with Crippen LogP contribution in [-0.2, 0) is 11.3 Å². The third-order valence-electron chi connectivity index (χ3n) is 5.65. The summed E-state index contributed by atoms with van der Waals surface area (Å²) in [5.74, 6) is 2.03. The zero-order valence-electron chi connectivity index (χ0n) is 15.5. The van der Waals surface area contributed by atoms with Crippen molar-refractivity contribution in [2.24, 2.45) is 11.8 Å². The molecule has 5 nitrogen and oxygen atoms in total. The molecule has 2 fully saturated rings. The van der Waals surface area contributed by atoms with Gasteiger partial charge in [0.1, 0.15) is 5.75 Å². The number of likely N-dealkylation sites (tertiary alicyclic amines) is 2. The molecule has 6 heteroatoms. The number of rotatable bonds is 4. The molecule has 1 aromatic heterocycles. The standard InChI is InChI=1S/C20H25N3O2S/c1-13-21-17(12-26-13)10-22-8-16-9-23(14(2)24)20(19(16)11-22)15-4-6-18(25-3)7-5-15/h4-7,12,16,19-20H,8-11H2,1-3H3/t16-,19-,20+/m1/s1. The van der Waals surface area contributed by atoms with E-state index in [-0.39, 0.29) is 11.9 Å². The summed E-state index contributed by atoms with van der Waals surface area (Å²) in [5, 5.41) is 3.28. The molecule has 26 heavy (non-hydrogen) atoms. The molecule has 0 radical (unpaired) electrons. The summed E-state index contributed by atoms with van der Waals surface area (Å²) in [4.78, 5) is 21.4. The van der Waals surface area contributed by atoms with Gasteiger partial charge in [0.2, 0.25) is 5.91 Å². The number of hydrogen-bond donors (Lipinski definition) is 0. The maximum Gasteiger partial charge on any atom is 0.219 e. The monoisotopic (exact) mass is 371 g/mol. The number of aromatic nitrogens is 1. The number of nitrogens with zero attached hydrogens (tertiary/aromatic N) is 3. The molecule has 2 aliphatic rings. The minimum absolute atomic E-state index is 0.158. The Morgan fingerprint density at radius 2 is 2.04 bits per heavy atom. The van der Waals surface area contributed by atoms with Crippen molar-refractivity contribution in [3.63, 3.8) is 0 Å². The number of aryl methyl sites for hydroxylation is 1. The molecule has 2 aliphatic heterocycles. The third-order valence-corrected chi connectivity index (χ3v) is 6.48. The Balaban J connectivity index is 1.54. The zero-order valence-corrected chi connectivity index (χ0v) is 16.3. The summed E-state index contributed by atoms with van der Waals surface area (Å²) in [6, 6.07) is 8.35. The van der Waals surface area contributed by atoms with Crippen molar-refractivity contribution in [3.05, 3.63) is 45.9 Å². The Morgan fingerprint density at radius 3 is 2.65 bits per heavy atom. The van der Waals surface area contributed by atoms with E-state index in [4.69, 9.17) is 4.74 Å². The summed E-state index contributed by atoms with van der Waals surface area (Å²) < 4.78 is 5.28. The van der Waals surface area contributed by atoms with Crippen molar-refractivity contribution in [2.75, 3.05) is 26.7 Å². The molecule has 0 saturated carbocycles. The van der Waals surface area contributed by atoms with Gasteiger partial charge in [0.25, 0.3) is 0 Å². The van der Waals surface area contributed by atoms with Gasteiger partial charge in [0.15, 0.2) is 0 Å². The first-order chi connectivity index (χ1) is 12.5. The first-order valence-electron chi connectivity index (χ1n) is 9.09. The number of carbonyl (C=O) groups excluding carboxylic acids is 1. The Morgan fingerprint density at radius 1 is 1.27 bits per heavy atom. The average Bonchev–Trinajstić information content (AvgIpc) is 3.29. The van der Waals surface area contributed by atoms with Crippen LogP contribution in [0.25, 0.3) is 0 Å². The van der Waals surface area contributed by atoms with E-state index in [2.05, 4.69) is 39.2 Å². The topological polar surface area (TPSA) is 45.7 Å². The van der Waals surface area contributed by atoms with Crippen molar-refractivity contribution >= 4 is 17.2 Å². The van der Waals surface area contributed by atoms with E-state index in [0.29, 0.717) is 11.8 Å². The first-order valence-corrected chi connectivity index (χ1v) is 9.97. The molecule has 1 amide bonds. The number of thiazole rings is 1. The molecular formula is C20H25N3O2S. The minimum Gasteiger partial charge on any atom is -0.497 e. The van der Waals surface area contributed by atoms with E-state index in [9.17, 15) is 4.79 Å². The van der Waals surface area contributed by atoms with Crippen LogP contribution in [0, 0.1) is 18.8 Å². The van der Waals surface area contributed by atoms with Crippen molar-refractivity contribution < 1.29 is 9.53 Å². The highest BCUT2D eigenvalue weighted by atomic mass is 32.1. The summed E-state index contributed by atoms with van der Waals surface area (Å²) in [6.07, 6.45) is 0. The smallest absolute Gasteiger partial charge is 0.219 e. The predicted molar refractivity (Wildman–Crippen MR) is 102 cm³/mol. The van der Waals surface area contributed by atoms with Crippen molar-refractivity contribution in [1.82, 2.24) is 14.8 Å². The number of amides is 1. The molecule has 0 N–H and O–H groups in total. The quantitative estimate of drug-likeness (QED) is 0.828. The molecule has 2 saturated heterocycles. The average molecular weight is 372 g/mol. The molecular weight excluding hydrogens is 346 g/mol. The van der Waals surface area contributed by atoms with Gasteiger partial charge in [-0.1, -0.05) is 12.1 Å². The van der Waals surface area contributed by atoms with Crippen LogP contribution in [0.5, 0.6) is 5.75 Å². The van der Waals surface area contributed by atoms with Gasteiger partial charge in [-0.2, -0.15) is 0 Å². The fourth-order valence-electron chi connectivity index (χ4n) is 4.53. The Kier molecular flexibility index (Phi) is 4.71. The summed E-state index contributed by atoms with van der Waals surface area (Å²) in [5.41, 5.74) is 2.37. The second kappa shape index (κ2) is 7.00. The third kappa shape index (κ3) is 3.23. The molecule has 0 aliphatic carbocycles. The van der Waals surface area contributed by atoms with Crippen LogP contribution in [0.3, 0.4) is 0 Å². The van der Waals surface area contributed by atoms with Gasteiger partial charge in [-0.25, -0.2) is 4.98 Å². The van der Waals surface area contributed by atoms with Crippen LogP contribution in [-0.4, -0.2) is 47.4 Å². The van der Waals surface area contributed by atoms with E-state index in [1.807, 2.05) is 12.1 Å². The molecule has 0 spiro atoms. The molecule has 3 atom stereocenters. The van der Waals surface area contributed by atoms with Gasteiger partial charge in [-0.3, -0.25) is 9.69 Å². The predicted octanol–water partition coefficient (Wildman–Crippen LogP) is 3.11. The second-order valence-electron chi connectivity index (χ2n) is 7.37. The highest BCUT2D eigenvalue weighted by molar-refractivity contribution is 7.09. The van der Waals surface area contributed by atoms with Gasteiger partial charge >= 0.3 is 0 Å². The lowest BCUT2D eigenvalue weighted by Gasteiger charge is -2.29. The van der Waals surface area contributed by atoms with E-state index >= 15 is 0 Å². The molecule has 0 bridgehead atoms. The molecule has 138 valence electrons. The van der Waals surface area contributed by atoms with Crippen LogP contribution in [0.15, 0.2) is 29.6 Å². The Labute approximate surface area is 158 Å². The summed E-state index contributed by atoms with van der Waals surface area (Å²) in [6.45, 7) is 7.56. The highest BCUT2D eigenvalue weighted by Crippen LogP contribution is 2.45. The van der Waals surface area contributed by atoms with E-state index in [0.717, 1.165) is 42.6 Å². The maximum atomic E-state index is 12.2. The van der Waals surface area contributed by atoms with Crippen LogP contribution in [0.2, 0.25) is 0 Å². The van der Waals surface area contributed by atoms with Crippen LogP contribution < -0.4 is 4.74 Å². The number of benzene rings is 1. The lowest BCUT2D eigenvalue weighted by Crippen LogP contribution is -2.34. The molecule has 3 heterocycles. The van der Waals surface area contributed by atoms with Gasteiger partial charge in [-0.05, 0) is 30.5 Å². The van der Waals surface area contributed by atoms with Crippen LogP contribution in [0.1, 0.15) is 29.2 Å². The van der Waals surface area contributed by atoms with Crippen LogP contribution >= 0.6 is 11.3 Å². The zero-order chi connectivity index (χ0) is 18.3. The SMILES string of the molecule is COc1ccc([C@H]2[C@@H]3CN(Cc4csc(C)n4)C[C@@H]3CN2C(C)=O)cc1. The second-order valence-corrected chi connectivity index (χ2v) is 8.43. The maximum absolute atomic E-state index is 12.2. The van der Waals surface area contributed by atoms with Gasteiger partial charge in [0, 0.05) is 44.4 Å². The number of fused-ring (bicyclic) bond motifs is 1. The first kappa shape index (κ1) is 17.5. The summed E-state index contributed by atoms with van der Waals surface area (Å²) >= 11 is 1.71. The molecule has 0 unspecified atom stereocenters. The number of carbonyl (C=O) groups is 1. The summed E-state index contributed by atoms with van der Waals surface area (Å²) in [7, 11) is 1.68. The number of methoxy groups -OCH3 is 1. The number of ether oxygens (including phenoxy) is 1. The van der Waals surface area contributed by atoms with Crippen LogP contribution in [0.4, 0.5) is 0 Å². The largest absolute Gasteiger partial charge is 0.497 e. The minimum atomic E-state index is 0.158. The lowest BCUT2D eigenvalue weighted by atomic mass is 9.89. The van der Waals surface area contributed by atoms with Gasteiger partial charge in [-0.15, -0.1) is 11.3 Å². The van der Waals surface area contributed by atoms with E-state index in [1.54, 1.807) is 25.4 Å². The van der Waals surface area contributed by atoms with Crippen molar-refractivity contribution in [1.29, 1.82) is 0 Å².